The number of aromatic nitrogens is 1. The van der Waals surface area contributed by atoms with Crippen LogP contribution in [-0.2, 0) is 4.79 Å². The molecule has 1 aromatic heterocycles. The van der Waals surface area contributed by atoms with Gasteiger partial charge in [0.05, 0.1) is 5.52 Å². The zero-order valence-corrected chi connectivity index (χ0v) is 9.67. The van der Waals surface area contributed by atoms with Crippen molar-refractivity contribution in [2.75, 3.05) is 11.4 Å². The molecule has 0 radical (unpaired) electrons. The maximum absolute atomic E-state index is 11.7. The lowest BCUT2D eigenvalue weighted by Crippen LogP contribution is -2.23. The predicted molar refractivity (Wildman–Crippen MR) is 66.9 cm³/mol. The van der Waals surface area contributed by atoms with Crippen LogP contribution in [0.15, 0.2) is 30.5 Å². The Labute approximate surface area is 103 Å². The van der Waals surface area contributed by atoms with Crippen molar-refractivity contribution in [3.63, 3.8) is 0 Å². The Kier molecular flexibility index (Phi) is 2.33. The molecule has 1 N–H and O–H groups in total. The van der Waals surface area contributed by atoms with Crippen LogP contribution in [0.1, 0.15) is 12.8 Å². The maximum Gasteiger partial charge on any atom is 0.415 e. The number of rotatable bonds is 1. The number of fused-ring (bicyclic) bond motifs is 1. The van der Waals surface area contributed by atoms with Crippen LogP contribution in [0.4, 0.5) is 10.5 Å². The molecular weight excluding hydrogens is 232 g/mol. The number of benzene rings is 1. The van der Waals surface area contributed by atoms with Crippen LogP contribution in [0, 0.1) is 0 Å². The van der Waals surface area contributed by atoms with E-state index in [4.69, 9.17) is 5.11 Å². The van der Waals surface area contributed by atoms with Gasteiger partial charge in [0, 0.05) is 30.2 Å². The van der Waals surface area contributed by atoms with Crippen molar-refractivity contribution in [2.24, 2.45) is 0 Å². The minimum atomic E-state index is -1.00. The molecule has 3 rings (SSSR count). The van der Waals surface area contributed by atoms with Gasteiger partial charge in [-0.25, -0.2) is 4.79 Å². The lowest BCUT2D eigenvalue weighted by molar-refractivity contribution is -0.117. The summed E-state index contributed by atoms with van der Waals surface area (Å²) in [5, 5.41) is 9.82. The van der Waals surface area contributed by atoms with E-state index in [0.717, 1.165) is 24.0 Å². The molecule has 0 atom stereocenters. The number of hydrogen-bond donors (Lipinski definition) is 1. The Morgan fingerprint density at radius 1 is 1.28 bits per heavy atom. The van der Waals surface area contributed by atoms with Crippen LogP contribution in [-0.4, -0.2) is 28.2 Å². The molecule has 1 aromatic carbocycles. The fraction of sp³-hybridized carbons (Fsp3) is 0.231. The number of carboxylic acid groups (broad SMARTS) is 1. The van der Waals surface area contributed by atoms with Crippen LogP contribution >= 0.6 is 0 Å². The van der Waals surface area contributed by atoms with E-state index in [1.54, 1.807) is 23.1 Å². The highest BCUT2D eigenvalue weighted by Gasteiger charge is 2.22. The first-order chi connectivity index (χ1) is 8.66. The Hall–Kier alpha value is -2.30. The average molecular weight is 244 g/mol. The van der Waals surface area contributed by atoms with Crippen molar-refractivity contribution in [1.29, 1.82) is 0 Å². The molecule has 1 aliphatic rings. The summed E-state index contributed by atoms with van der Waals surface area (Å²) in [6, 6.07) is 7.14. The van der Waals surface area contributed by atoms with Gasteiger partial charge in [-0.2, -0.15) is 0 Å². The fourth-order valence-electron chi connectivity index (χ4n) is 2.39. The number of carbonyl (C=O) groups excluding carboxylic acids is 1. The van der Waals surface area contributed by atoms with E-state index in [2.05, 4.69) is 0 Å². The van der Waals surface area contributed by atoms with E-state index in [9.17, 15) is 9.59 Å². The molecule has 0 aliphatic carbocycles. The zero-order chi connectivity index (χ0) is 12.7. The summed E-state index contributed by atoms with van der Waals surface area (Å²) in [6.45, 7) is 0.740. The van der Waals surface area contributed by atoms with E-state index in [1.807, 2.05) is 6.07 Å². The Bertz CT molecular complexity index is 645. The van der Waals surface area contributed by atoms with Gasteiger partial charge in [-0.3, -0.25) is 9.36 Å². The Morgan fingerprint density at radius 3 is 2.78 bits per heavy atom. The molecule has 0 spiro atoms. The van der Waals surface area contributed by atoms with E-state index >= 15 is 0 Å². The minimum Gasteiger partial charge on any atom is -0.464 e. The van der Waals surface area contributed by atoms with Gasteiger partial charge in [-0.15, -0.1) is 0 Å². The number of carbonyl (C=O) groups is 2. The molecule has 2 heterocycles. The summed E-state index contributed by atoms with van der Waals surface area (Å²) < 4.78 is 1.17. The van der Waals surface area contributed by atoms with Gasteiger partial charge < -0.3 is 10.0 Å². The number of anilines is 1. The summed E-state index contributed by atoms with van der Waals surface area (Å²) in [7, 11) is 0. The minimum absolute atomic E-state index is 0.131. The molecule has 0 unspecified atom stereocenters. The van der Waals surface area contributed by atoms with Crippen molar-refractivity contribution in [1.82, 2.24) is 4.57 Å². The Balaban J connectivity index is 2.07. The van der Waals surface area contributed by atoms with Gasteiger partial charge in [0.25, 0.3) is 0 Å². The first-order valence-electron chi connectivity index (χ1n) is 5.81. The van der Waals surface area contributed by atoms with Crippen molar-refractivity contribution < 1.29 is 14.7 Å². The van der Waals surface area contributed by atoms with Gasteiger partial charge in [0.1, 0.15) is 0 Å². The van der Waals surface area contributed by atoms with Gasteiger partial charge in [0.2, 0.25) is 5.91 Å². The molecule has 5 heteroatoms. The van der Waals surface area contributed by atoms with Crippen LogP contribution in [0.5, 0.6) is 0 Å². The average Bonchev–Trinajstić information content (AvgIpc) is 2.93. The van der Waals surface area contributed by atoms with Crippen molar-refractivity contribution in [3.8, 4) is 0 Å². The van der Waals surface area contributed by atoms with Crippen molar-refractivity contribution >= 4 is 28.6 Å². The predicted octanol–water partition coefficient (Wildman–Crippen LogP) is 2.29. The van der Waals surface area contributed by atoms with E-state index in [-0.39, 0.29) is 5.91 Å². The molecule has 0 saturated carbocycles. The van der Waals surface area contributed by atoms with Crippen LogP contribution in [0.2, 0.25) is 0 Å². The molecule has 1 amide bonds. The van der Waals surface area contributed by atoms with Gasteiger partial charge >= 0.3 is 6.09 Å². The van der Waals surface area contributed by atoms with Crippen molar-refractivity contribution in [3.05, 3.63) is 30.5 Å². The number of hydrogen-bond acceptors (Lipinski definition) is 2. The largest absolute Gasteiger partial charge is 0.464 e. The highest BCUT2D eigenvalue weighted by atomic mass is 16.4. The quantitative estimate of drug-likeness (QED) is 0.837. The second-order valence-electron chi connectivity index (χ2n) is 4.36. The number of amides is 1. The Morgan fingerprint density at radius 2 is 2.11 bits per heavy atom. The lowest BCUT2D eigenvalue weighted by Gasteiger charge is -2.15. The highest BCUT2D eigenvalue weighted by molar-refractivity contribution is 5.98. The third kappa shape index (κ3) is 1.55. The summed E-state index contributed by atoms with van der Waals surface area (Å²) in [4.78, 5) is 24.4. The van der Waals surface area contributed by atoms with Gasteiger partial charge in [-0.1, -0.05) is 0 Å². The first-order valence-corrected chi connectivity index (χ1v) is 5.81. The van der Waals surface area contributed by atoms with E-state index in [0.29, 0.717) is 11.9 Å². The first kappa shape index (κ1) is 10.8. The molecule has 1 aliphatic heterocycles. The summed E-state index contributed by atoms with van der Waals surface area (Å²) in [5.74, 6) is 0.131. The molecule has 2 aromatic rings. The molecule has 5 nitrogen and oxygen atoms in total. The fourth-order valence-corrected chi connectivity index (χ4v) is 2.39. The van der Waals surface area contributed by atoms with Crippen LogP contribution in [0.3, 0.4) is 0 Å². The number of nitrogens with zero attached hydrogens (tertiary/aromatic N) is 2. The third-order valence-corrected chi connectivity index (χ3v) is 3.26. The SMILES string of the molecule is O=C1CCCN1c1ccc2c(ccn2C(=O)O)c1. The molecule has 1 fully saturated rings. The zero-order valence-electron chi connectivity index (χ0n) is 9.67. The van der Waals surface area contributed by atoms with E-state index < -0.39 is 6.09 Å². The topological polar surface area (TPSA) is 62.5 Å². The second kappa shape index (κ2) is 3.87. The molecular formula is C13H12N2O3. The third-order valence-electron chi connectivity index (χ3n) is 3.26. The van der Waals surface area contributed by atoms with Crippen LogP contribution in [0.25, 0.3) is 10.9 Å². The molecule has 1 saturated heterocycles. The monoisotopic (exact) mass is 244 g/mol. The summed E-state index contributed by atoms with van der Waals surface area (Å²) >= 11 is 0. The molecule has 18 heavy (non-hydrogen) atoms. The smallest absolute Gasteiger partial charge is 0.415 e. The standard InChI is InChI=1S/C13H12N2O3/c16-12-2-1-6-14(12)10-3-4-11-9(8-10)5-7-15(11)13(17)18/h3-5,7-8H,1-2,6H2,(H,17,18). The van der Waals surface area contributed by atoms with Gasteiger partial charge in [-0.05, 0) is 30.7 Å². The summed E-state index contributed by atoms with van der Waals surface area (Å²) in [6.07, 6.45) is 1.99. The normalized spacial score (nSPS) is 15.6. The summed E-state index contributed by atoms with van der Waals surface area (Å²) in [5.41, 5.74) is 1.48. The van der Waals surface area contributed by atoms with Crippen LogP contribution < -0.4 is 4.90 Å². The highest BCUT2D eigenvalue weighted by Crippen LogP contribution is 2.26. The van der Waals surface area contributed by atoms with Gasteiger partial charge in [0.15, 0.2) is 0 Å². The second-order valence-corrected chi connectivity index (χ2v) is 4.36. The van der Waals surface area contributed by atoms with Crippen molar-refractivity contribution in [2.45, 2.75) is 12.8 Å². The van der Waals surface area contributed by atoms with E-state index in [1.165, 1.54) is 10.8 Å². The maximum atomic E-state index is 11.7. The molecule has 92 valence electrons. The lowest BCUT2D eigenvalue weighted by atomic mass is 10.2. The molecule has 0 bridgehead atoms.